The van der Waals surface area contributed by atoms with Crippen LogP contribution in [-0.4, -0.2) is 45.3 Å². The monoisotopic (exact) mass is 464 g/mol. The molecular formula is C17H15Cl3N2O5S. The van der Waals surface area contributed by atoms with Crippen LogP contribution < -0.4 is 5.32 Å². The minimum Gasteiger partial charge on any atom is -0.452 e. The van der Waals surface area contributed by atoms with Crippen molar-refractivity contribution in [1.82, 2.24) is 4.31 Å². The number of esters is 1. The molecule has 0 radical (unpaired) electrons. The van der Waals surface area contributed by atoms with E-state index >= 15 is 0 Å². The third-order valence-electron chi connectivity index (χ3n) is 3.49. The van der Waals surface area contributed by atoms with Crippen LogP contribution in [0.3, 0.4) is 0 Å². The van der Waals surface area contributed by atoms with Gasteiger partial charge in [0.1, 0.15) is 4.90 Å². The number of benzene rings is 2. The van der Waals surface area contributed by atoms with Gasteiger partial charge in [0.25, 0.3) is 5.91 Å². The molecule has 1 amide bonds. The van der Waals surface area contributed by atoms with Crippen molar-refractivity contribution in [1.29, 1.82) is 0 Å². The maximum atomic E-state index is 12.3. The molecule has 0 aromatic heterocycles. The summed E-state index contributed by atoms with van der Waals surface area (Å²) in [6, 6.07) is 8.33. The maximum Gasteiger partial charge on any atom is 0.338 e. The van der Waals surface area contributed by atoms with Crippen molar-refractivity contribution in [2.45, 2.75) is 4.90 Å². The second-order valence-corrected chi connectivity index (χ2v) is 9.00. The molecule has 28 heavy (non-hydrogen) atoms. The average molecular weight is 466 g/mol. The van der Waals surface area contributed by atoms with Gasteiger partial charge in [-0.05, 0) is 30.3 Å². The Bertz CT molecular complexity index is 1010. The van der Waals surface area contributed by atoms with Crippen LogP contribution in [0, 0.1) is 0 Å². The first-order valence-corrected chi connectivity index (χ1v) is 10.2. The molecule has 11 heteroatoms. The number of amides is 1. The number of carbonyl (C=O) groups is 2. The van der Waals surface area contributed by atoms with E-state index < -0.39 is 28.5 Å². The fraction of sp³-hybridized carbons (Fsp3) is 0.176. The van der Waals surface area contributed by atoms with Crippen LogP contribution in [0.5, 0.6) is 0 Å². The number of hydrogen-bond acceptors (Lipinski definition) is 5. The summed E-state index contributed by atoms with van der Waals surface area (Å²) in [7, 11) is -1.19. The van der Waals surface area contributed by atoms with Gasteiger partial charge in [-0.15, -0.1) is 0 Å². The predicted molar refractivity (Wildman–Crippen MR) is 108 cm³/mol. The first-order valence-electron chi connectivity index (χ1n) is 7.67. The van der Waals surface area contributed by atoms with Crippen LogP contribution in [0.1, 0.15) is 10.4 Å². The standard InChI is InChI=1S/C17H15Cl3N2O5S/c1-22(2)28(25,26)14-8-10(6-7-11(14)18)17(24)27-9-15(23)21-16-12(19)4-3-5-13(16)20/h3-8H,9H2,1-2H3,(H,21,23). The van der Waals surface area contributed by atoms with Gasteiger partial charge in [-0.1, -0.05) is 40.9 Å². The van der Waals surface area contributed by atoms with Gasteiger partial charge in [-0.25, -0.2) is 17.5 Å². The summed E-state index contributed by atoms with van der Waals surface area (Å²) in [6.45, 7) is -0.626. The lowest BCUT2D eigenvalue weighted by molar-refractivity contribution is -0.119. The van der Waals surface area contributed by atoms with E-state index in [1.807, 2.05) is 0 Å². The zero-order chi connectivity index (χ0) is 21.1. The Kier molecular flexibility index (Phi) is 7.30. The van der Waals surface area contributed by atoms with Crippen molar-refractivity contribution in [3.63, 3.8) is 0 Å². The van der Waals surface area contributed by atoms with E-state index in [1.165, 1.54) is 38.4 Å². The van der Waals surface area contributed by atoms with Gasteiger partial charge in [0.15, 0.2) is 6.61 Å². The number of para-hydroxylation sites is 1. The van der Waals surface area contributed by atoms with E-state index in [9.17, 15) is 18.0 Å². The van der Waals surface area contributed by atoms with Crippen LogP contribution in [0.4, 0.5) is 5.69 Å². The smallest absolute Gasteiger partial charge is 0.338 e. The number of hydrogen-bond donors (Lipinski definition) is 1. The van der Waals surface area contributed by atoms with Crippen molar-refractivity contribution in [3.8, 4) is 0 Å². The summed E-state index contributed by atoms with van der Waals surface area (Å²) < 4.78 is 30.4. The van der Waals surface area contributed by atoms with E-state index in [2.05, 4.69) is 5.32 Å². The number of anilines is 1. The molecule has 1 N–H and O–H groups in total. The van der Waals surface area contributed by atoms with E-state index in [0.717, 1.165) is 10.4 Å². The minimum atomic E-state index is -3.86. The molecule has 0 saturated heterocycles. The Morgan fingerprint density at radius 1 is 1.04 bits per heavy atom. The normalized spacial score (nSPS) is 11.4. The number of nitrogens with one attached hydrogen (secondary N) is 1. The Morgan fingerprint density at radius 3 is 2.21 bits per heavy atom. The molecule has 0 heterocycles. The van der Waals surface area contributed by atoms with Crippen molar-refractivity contribution in [2.24, 2.45) is 0 Å². The molecule has 150 valence electrons. The second-order valence-electron chi connectivity index (χ2n) is 5.65. The van der Waals surface area contributed by atoms with Crippen LogP contribution in [0.25, 0.3) is 0 Å². The highest BCUT2D eigenvalue weighted by atomic mass is 35.5. The molecular weight excluding hydrogens is 451 g/mol. The van der Waals surface area contributed by atoms with E-state index in [-0.39, 0.29) is 31.2 Å². The lowest BCUT2D eigenvalue weighted by atomic mass is 10.2. The SMILES string of the molecule is CN(C)S(=O)(=O)c1cc(C(=O)OCC(=O)Nc2c(Cl)cccc2Cl)ccc1Cl. The minimum absolute atomic E-state index is 0.0450. The summed E-state index contributed by atoms with van der Waals surface area (Å²) >= 11 is 17.8. The highest BCUT2D eigenvalue weighted by Crippen LogP contribution is 2.29. The molecule has 0 unspecified atom stereocenters. The van der Waals surface area contributed by atoms with Gasteiger partial charge < -0.3 is 10.1 Å². The molecule has 0 atom stereocenters. The number of sulfonamides is 1. The lowest BCUT2D eigenvalue weighted by Gasteiger charge is -2.14. The summed E-state index contributed by atoms with van der Waals surface area (Å²) in [5.74, 6) is -1.56. The van der Waals surface area contributed by atoms with Crippen LogP contribution in [0.2, 0.25) is 15.1 Å². The predicted octanol–water partition coefficient (Wildman–Crippen LogP) is 3.69. The molecule has 0 spiro atoms. The van der Waals surface area contributed by atoms with Gasteiger partial charge in [0.2, 0.25) is 10.0 Å². The highest BCUT2D eigenvalue weighted by Gasteiger charge is 2.23. The number of halogens is 3. The number of ether oxygens (including phenoxy) is 1. The van der Waals surface area contributed by atoms with Crippen LogP contribution in [-0.2, 0) is 19.6 Å². The maximum absolute atomic E-state index is 12.3. The van der Waals surface area contributed by atoms with Gasteiger partial charge in [-0.2, -0.15) is 0 Å². The van der Waals surface area contributed by atoms with Gasteiger partial charge in [-0.3, -0.25) is 4.79 Å². The number of carbonyl (C=O) groups excluding carboxylic acids is 2. The molecule has 0 saturated carbocycles. The Balaban J connectivity index is 2.10. The average Bonchev–Trinajstić information content (AvgIpc) is 2.63. The molecule has 0 bridgehead atoms. The topological polar surface area (TPSA) is 92.8 Å². The zero-order valence-corrected chi connectivity index (χ0v) is 17.8. The third-order valence-corrected chi connectivity index (χ3v) is 6.41. The summed E-state index contributed by atoms with van der Waals surface area (Å²) in [5.41, 5.74) is 0.117. The van der Waals surface area contributed by atoms with E-state index in [0.29, 0.717) is 0 Å². The number of nitrogens with zero attached hydrogens (tertiary/aromatic N) is 1. The first-order chi connectivity index (χ1) is 13.0. The Hall–Kier alpha value is -1.84. The van der Waals surface area contributed by atoms with Crippen LogP contribution in [0.15, 0.2) is 41.3 Å². The van der Waals surface area contributed by atoms with Gasteiger partial charge >= 0.3 is 5.97 Å². The molecule has 2 aromatic carbocycles. The highest BCUT2D eigenvalue weighted by molar-refractivity contribution is 7.89. The van der Waals surface area contributed by atoms with Crippen molar-refractivity contribution >= 4 is 62.4 Å². The van der Waals surface area contributed by atoms with Crippen molar-refractivity contribution in [2.75, 3.05) is 26.0 Å². The molecule has 2 aromatic rings. The van der Waals surface area contributed by atoms with E-state index in [1.54, 1.807) is 6.07 Å². The number of rotatable bonds is 6. The molecule has 7 nitrogen and oxygen atoms in total. The molecule has 2 rings (SSSR count). The lowest BCUT2D eigenvalue weighted by Crippen LogP contribution is -2.23. The quantitative estimate of drug-likeness (QED) is 0.657. The third kappa shape index (κ3) is 5.15. The Morgan fingerprint density at radius 2 is 1.64 bits per heavy atom. The summed E-state index contributed by atoms with van der Waals surface area (Å²) in [5, 5.41) is 2.85. The summed E-state index contributed by atoms with van der Waals surface area (Å²) in [6.07, 6.45) is 0. The van der Waals surface area contributed by atoms with E-state index in [4.69, 9.17) is 39.5 Å². The van der Waals surface area contributed by atoms with Gasteiger partial charge in [0.05, 0.1) is 26.3 Å². The zero-order valence-electron chi connectivity index (χ0n) is 14.7. The Labute approximate surface area is 177 Å². The molecule has 0 fully saturated rings. The molecule has 0 aliphatic carbocycles. The largest absolute Gasteiger partial charge is 0.452 e. The van der Waals surface area contributed by atoms with Crippen LogP contribution >= 0.6 is 34.8 Å². The van der Waals surface area contributed by atoms with Crippen molar-refractivity contribution < 1.29 is 22.7 Å². The first kappa shape index (κ1) is 22.4. The second kappa shape index (κ2) is 9.11. The van der Waals surface area contributed by atoms with Gasteiger partial charge in [0, 0.05) is 14.1 Å². The fourth-order valence-corrected chi connectivity index (χ4v) is 3.92. The molecule has 0 aliphatic heterocycles. The molecule has 0 aliphatic rings. The van der Waals surface area contributed by atoms with Crippen molar-refractivity contribution in [3.05, 3.63) is 57.0 Å². The fourth-order valence-electron chi connectivity index (χ4n) is 2.03. The summed E-state index contributed by atoms with van der Waals surface area (Å²) in [4.78, 5) is 23.9.